The zero-order valence-corrected chi connectivity index (χ0v) is 22.0. The van der Waals surface area contributed by atoms with E-state index in [9.17, 15) is 13.2 Å². The van der Waals surface area contributed by atoms with E-state index < -0.39 is 16.1 Å². The van der Waals surface area contributed by atoms with Gasteiger partial charge in [0, 0.05) is 30.9 Å². The van der Waals surface area contributed by atoms with Crippen LogP contribution in [-0.4, -0.2) is 50.6 Å². The van der Waals surface area contributed by atoms with Gasteiger partial charge in [0.2, 0.25) is 5.88 Å². The van der Waals surface area contributed by atoms with Crippen LogP contribution in [0.3, 0.4) is 0 Å². The number of nitrogens with zero attached hydrogens (tertiary/aromatic N) is 2. The fourth-order valence-electron chi connectivity index (χ4n) is 5.23. The molecule has 1 aliphatic carbocycles. The minimum Gasteiger partial charge on any atom is -0.474 e. The number of aryl methyl sites for hydroxylation is 2. The largest absolute Gasteiger partial charge is 0.474 e. The predicted molar refractivity (Wildman–Crippen MR) is 143 cm³/mol. The third kappa shape index (κ3) is 5.62. The average molecular weight is 521 g/mol. The molecule has 1 saturated heterocycles. The van der Waals surface area contributed by atoms with Crippen molar-refractivity contribution in [2.75, 3.05) is 25.5 Å². The van der Waals surface area contributed by atoms with Crippen LogP contribution in [0.1, 0.15) is 36.0 Å². The molecular weight excluding hydrogens is 488 g/mol. The van der Waals surface area contributed by atoms with Crippen molar-refractivity contribution in [1.29, 1.82) is 0 Å². The van der Waals surface area contributed by atoms with Crippen LogP contribution in [0.15, 0.2) is 59.6 Å². The number of nitrogens with one attached hydrogen (secondary N) is 2. The van der Waals surface area contributed by atoms with E-state index in [2.05, 4.69) is 33.0 Å². The SMILES string of the molecule is Cc1cc2c(c(NC(=O)NS(=O)(=O)c3ccccc3)c1-c1ccnc(OC3CCN(C)CC3)c1)CCC2. The fraction of sp³-hybridized carbons (Fsp3) is 0.357. The number of carbonyl (C=O) groups is 1. The van der Waals surface area contributed by atoms with Crippen molar-refractivity contribution in [2.45, 2.75) is 50.0 Å². The lowest BCUT2D eigenvalue weighted by atomic mass is 9.93. The van der Waals surface area contributed by atoms with Gasteiger partial charge in [-0.3, -0.25) is 0 Å². The molecule has 0 saturated carbocycles. The van der Waals surface area contributed by atoms with Crippen LogP contribution < -0.4 is 14.8 Å². The molecule has 2 amide bonds. The van der Waals surface area contributed by atoms with Gasteiger partial charge in [-0.1, -0.05) is 24.3 Å². The molecule has 0 bridgehead atoms. The summed E-state index contributed by atoms with van der Waals surface area (Å²) in [6, 6.07) is 13.0. The topological polar surface area (TPSA) is 101 Å². The van der Waals surface area contributed by atoms with E-state index in [0.29, 0.717) is 11.6 Å². The second-order valence-electron chi connectivity index (χ2n) is 9.81. The number of ether oxygens (including phenoxy) is 1. The molecule has 2 aromatic carbocycles. The van der Waals surface area contributed by atoms with E-state index >= 15 is 0 Å². The van der Waals surface area contributed by atoms with Gasteiger partial charge in [0.25, 0.3) is 10.0 Å². The number of fused-ring (bicyclic) bond motifs is 1. The molecule has 0 radical (unpaired) electrons. The first-order chi connectivity index (χ1) is 17.8. The highest BCUT2D eigenvalue weighted by molar-refractivity contribution is 7.90. The van der Waals surface area contributed by atoms with Crippen LogP contribution in [-0.2, 0) is 22.9 Å². The number of pyridine rings is 1. The molecule has 37 heavy (non-hydrogen) atoms. The Labute approximate surface area is 218 Å². The summed E-state index contributed by atoms with van der Waals surface area (Å²) in [5.74, 6) is 0.550. The van der Waals surface area contributed by atoms with E-state index in [1.807, 2.05) is 19.1 Å². The van der Waals surface area contributed by atoms with Gasteiger partial charge in [0.15, 0.2) is 0 Å². The molecule has 2 heterocycles. The summed E-state index contributed by atoms with van der Waals surface area (Å²) in [5, 5.41) is 2.89. The highest BCUT2D eigenvalue weighted by atomic mass is 32.2. The second-order valence-corrected chi connectivity index (χ2v) is 11.5. The molecule has 0 unspecified atom stereocenters. The Bertz CT molecular complexity index is 1400. The van der Waals surface area contributed by atoms with E-state index in [0.717, 1.165) is 67.4 Å². The van der Waals surface area contributed by atoms with E-state index in [-0.39, 0.29) is 11.0 Å². The van der Waals surface area contributed by atoms with Gasteiger partial charge in [0.05, 0.1) is 10.6 Å². The third-order valence-corrected chi connectivity index (χ3v) is 8.44. The highest BCUT2D eigenvalue weighted by Crippen LogP contribution is 2.41. The zero-order valence-electron chi connectivity index (χ0n) is 21.2. The standard InChI is InChI=1S/C28H32N4O4S/c1-19-17-20-7-6-10-24(20)27(30-28(33)31-37(34,35)23-8-4-3-5-9-23)26(19)21-11-14-29-25(18-21)36-22-12-15-32(2)16-13-22/h3-5,8-9,11,14,17-18,22H,6-7,10,12-13,15-16H2,1-2H3,(H2,30,31,33). The minimum absolute atomic E-state index is 0.0321. The molecular formula is C28H32N4O4S. The molecule has 2 aliphatic rings. The van der Waals surface area contributed by atoms with E-state index in [4.69, 9.17) is 4.74 Å². The Morgan fingerprint density at radius 1 is 1.08 bits per heavy atom. The fourth-order valence-corrected chi connectivity index (χ4v) is 6.15. The van der Waals surface area contributed by atoms with Crippen LogP contribution in [0, 0.1) is 6.92 Å². The Morgan fingerprint density at radius 3 is 2.59 bits per heavy atom. The van der Waals surface area contributed by atoms with Crippen LogP contribution in [0.2, 0.25) is 0 Å². The van der Waals surface area contributed by atoms with Crippen LogP contribution in [0.25, 0.3) is 11.1 Å². The van der Waals surface area contributed by atoms with Gasteiger partial charge < -0.3 is 15.0 Å². The van der Waals surface area contributed by atoms with Crippen molar-refractivity contribution in [3.05, 3.63) is 71.4 Å². The maximum atomic E-state index is 13.0. The van der Waals surface area contributed by atoms with Gasteiger partial charge in [0.1, 0.15) is 6.10 Å². The highest BCUT2D eigenvalue weighted by Gasteiger charge is 2.25. The molecule has 1 aromatic heterocycles. The molecule has 1 aliphatic heterocycles. The van der Waals surface area contributed by atoms with Crippen LogP contribution in [0.4, 0.5) is 10.5 Å². The summed E-state index contributed by atoms with van der Waals surface area (Å²) >= 11 is 0. The van der Waals surface area contributed by atoms with Crippen molar-refractivity contribution in [3.63, 3.8) is 0 Å². The lowest BCUT2D eigenvalue weighted by molar-refractivity contribution is 0.110. The number of urea groups is 1. The number of anilines is 1. The number of carbonyl (C=O) groups excluding carboxylic acids is 1. The monoisotopic (exact) mass is 520 g/mol. The van der Waals surface area contributed by atoms with E-state index in [1.54, 1.807) is 24.4 Å². The second kappa shape index (κ2) is 10.5. The first-order valence-electron chi connectivity index (χ1n) is 12.7. The number of benzene rings is 2. The Hall–Kier alpha value is -3.43. The van der Waals surface area contributed by atoms with Gasteiger partial charge >= 0.3 is 6.03 Å². The molecule has 1 fully saturated rings. The molecule has 0 atom stereocenters. The minimum atomic E-state index is -4.00. The molecule has 3 aromatic rings. The summed E-state index contributed by atoms with van der Waals surface area (Å²) in [6.07, 6.45) is 6.45. The Balaban J connectivity index is 1.45. The quantitative estimate of drug-likeness (QED) is 0.495. The third-order valence-electron chi connectivity index (χ3n) is 7.09. The first-order valence-corrected chi connectivity index (χ1v) is 14.1. The van der Waals surface area contributed by atoms with Crippen molar-refractivity contribution in [3.8, 4) is 17.0 Å². The zero-order chi connectivity index (χ0) is 26.0. The normalized spacial score (nSPS) is 16.3. The molecule has 0 spiro atoms. The van der Waals surface area contributed by atoms with Gasteiger partial charge in [-0.05, 0) is 86.5 Å². The number of rotatable bonds is 6. The lowest BCUT2D eigenvalue weighted by Gasteiger charge is -2.29. The van der Waals surface area contributed by atoms with E-state index in [1.165, 1.54) is 17.7 Å². The number of hydrogen-bond donors (Lipinski definition) is 2. The number of likely N-dealkylation sites (tertiary alicyclic amines) is 1. The molecule has 194 valence electrons. The Morgan fingerprint density at radius 2 is 1.84 bits per heavy atom. The summed E-state index contributed by atoms with van der Waals surface area (Å²) in [7, 11) is -1.89. The van der Waals surface area contributed by atoms with Crippen molar-refractivity contribution >= 4 is 21.7 Å². The lowest BCUT2D eigenvalue weighted by Crippen LogP contribution is -2.35. The average Bonchev–Trinajstić information content (AvgIpc) is 3.34. The molecule has 2 N–H and O–H groups in total. The Kier molecular flexibility index (Phi) is 7.17. The number of aromatic nitrogens is 1. The van der Waals surface area contributed by atoms with Gasteiger partial charge in [-0.15, -0.1) is 0 Å². The van der Waals surface area contributed by atoms with Crippen LogP contribution in [0.5, 0.6) is 5.88 Å². The maximum absolute atomic E-state index is 13.0. The van der Waals surface area contributed by atoms with Crippen molar-refractivity contribution in [2.24, 2.45) is 0 Å². The molecule has 9 heteroatoms. The van der Waals surface area contributed by atoms with Gasteiger partial charge in [-0.2, -0.15) is 0 Å². The summed E-state index contributed by atoms with van der Waals surface area (Å²) in [5.41, 5.74) is 5.58. The van der Waals surface area contributed by atoms with Gasteiger partial charge in [-0.25, -0.2) is 22.9 Å². The summed E-state index contributed by atoms with van der Waals surface area (Å²) in [6.45, 7) is 3.99. The number of sulfonamides is 1. The van der Waals surface area contributed by atoms with Crippen LogP contribution >= 0.6 is 0 Å². The predicted octanol–water partition coefficient (Wildman–Crippen LogP) is 4.53. The summed E-state index contributed by atoms with van der Waals surface area (Å²) in [4.78, 5) is 19.8. The summed E-state index contributed by atoms with van der Waals surface area (Å²) < 4.78 is 33.9. The maximum Gasteiger partial charge on any atom is 0.333 e. The molecule has 5 rings (SSSR count). The van der Waals surface area contributed by atoms with Crippen molar-refractivity contribution < 1.29 is 17.9 Å². The number of amides is 2. The number of piperidine rings is 1. The smallest absolute Gasteiger partial charge is 0.333 e. The molecule has 8 nitrogen and oxygen atoms in total. The first kappa shape index (κ1) is 25.2. The van der Waals surface area contributed by atoms with Crippen molar-refractivity contribution in [1.82, 2.24) is 14.6 Å². The number of hydrogen-bond acceptors (Lipinski definition) is 6.